The van der Waals surface area contributed by atoms with Crippen LogP contribution in [0.2, 0.25) is 0 Å². The average Bonchev–Trinajstić information content (AvgIpc) is 3.18. The first-order valence-corrected chi connectivity index (χ1v) is 9.52. The molecule has 1 N–H and O–H groups in total. The number of nitrogens with one attached hydrogen (secondary N) is 1. The normalized spacial score (nSPS) is 21.5. The molecule has 0 fully saturated rings. The number of rotatable bonds is 2. The second kappa shape index (κ2) is 5.21. The fraction of sp³-hybridized carbons (Fsp3) is 0.167. The molecular formula is C18H13F2N3O2S. The van der Waals surface area contributed by atoms with E-state index in [-0.39, 0.29) is 4.90 Å². The lowest BCUT2D eigenvalue weighted by Crippen LogP contribution is -2.37. The fourth-order valence-corrected chi connectivity index (χ4v) is 5.76. The highest BCUT2D eigenvalue weighted by atomic mass is 32.2. The third-order valence-corrected chi connectivity index (χ3v) is 7.00. The minimum absolute atomic E-state index is 0.0194. The third-order valence-electron chi connectivity index (χ3n) is 5.11. The molecule has 2 aliphatic heterocycles. The first-order chi connectivity index (χ1) is 12.5. The van der Waals surface area contributed by atoms with E-state index in [2.05, 4.69) is 10.2 Å². The molecule has 0 amide bonds. The summed E-state index contributed by atoms with van der Waals surface area (Å²) in [5.74, 6) is -0.958. The Morgan fingerprint density at radius 3 is 2.62 bits per heavy atom. The van der Waals surface area contributed by atoms with Gasteiger partial charge in [0.05, 0.1) is 23.2 Å². The molecule has 0 aliphatic carbocycles. The summed E-state index contributed by atoms with van der Waals surface area (Å²) in [6.45, 7) is 0. The molecule has 5 nitrogen and oxygen atoms in total. The number of benzene rings is 2. The maximum Gasteiger partial charge on any atom is 0.244 e. The van der Waals surface area contributed by atoms with E-state index in [1.165, 1.54) is 22.5 Å². The van der Waals surface area contributed by atoms with Crippen LogP contribution >= 0.6 is 0 Å². The van der Waals surface area contributed by atoms with Gasteiger partial charge in [-0.05, 0) is 35.9 Å². The SMILES string of the molecule is O=S(=O)(c1ccc(F)cc1)N1C2Cc3[nH]ncc3C1c1c(F)cccc12. The Hall–Kier alpha value is -2.58. The van der Waals surface area contributed by atoms with Gasteiger partial charge in [-0.2, -0.15) is 9.40 Å². The van der Waals surface area contributed by atoms with Gasteiger partial charge < -0.3 is 0 Å². The summed E-state index contributed by atoms with van der Waals surface area (Å²) in [5, 5.41) is 6.90. The van der Waals surface area contributed by atoms with Crippen molar-refractivity contribution < 1.29 is 17.2 Å². The molecule has 2 unspecified atom stereocenters. The van der Waals surface area contributed by atoms with Crippen LogP contribution in [0.15, 0.2) is 53.6 Å². The van der Waals surface area contributed by atoms with Crippen LogP contribution < -0.4 is 0 Å². The molecular weight excluding hydrogens is 360 g/mol. The highest BCUT2D eigenvalue weighted by molar-refractivity contribution is 7.89. The fourth-order valence-electron chi connectivity index (χ4n) is 4.02. The molecule has 132 valence electrons. The summed E-state index contributed by atoms with van der Waals surface area (Å²) < 4.78 is 55.8. The maximum atomic E-state index is 14.6. The van der Waals surface area contributed by atoms with Gasteiger partial charge in [0.1, 0.15) is 11.6 Å². The van der Waals surface area contributed by atoms with Crippen LogP contribution in [0.1, 0.15) is 34.5 Å². The highest BCUT2D eigenvalue weighted by Gasteiger charge is 2.51. The second-order valence-electron chi connectivity index (χ2n) is 6.46. The zero-order chi connectivity index (χ0) is 18.1. The summed E-state index contributed by atoms with van der Waals surface area (Å²) in [6, 6.07) is 8.04. The molecule has 0 saturated carbocycles. The number of nitrogens with zero attached hydrogens (tertiary/aromatic N) is 2. The van der Waals surface area contributed by atoms with Crippen molar-refractivity contribution in [2.45, 2.75) is 23.4 Å². The molecule has 0 saturated heterocycles. The van der Waals surface area contributed by atoms with E-state index in [4.69, 9.17) is 0 Å². The Balaban J connectivity index is 1.74. The van der Waals surface area contributed by atoms with Crippen LogP contribution in [0.3, 0.4) is 0 Å². The molecule has 2 atom stereocenters. The van der Waals surface area contributed by atoms with Crippen molar-refractivity contribution in [3.63, 3.8) is 0 Å². The lowest BCUT2D eigenvalue weighted by atomic mass is 10.00. The summed E-state index contributed by atoms with van der Waals surface area (Å²) in [5.41, 5.74) is 2.48. The zero-order valence-corrected chi connectivity index (χ0v) is 14.2. The van der Waals surface area contributed by atoms with Crippen molar-refractivity contribution in [3.8, 4) is 0 Å². The quantitative estimate of drug-likeness (QED) is 0.751. The molecule has 2 aliphatic rings. The van der Waals surface area contributed by atoms with Crippen molar-refractivity contribution in [2.75, 3.05) is 0 Å². The van der Waals surface area contributed by atoms with E-state index in [1.54, 1.807) is 18.3 Å². The van der Waals surface area contributed by atoms with Crippen LogP contribution in [0.5, 0.6) is 0 Å². The van der Waals surface area contributed by atoms with Crippen molar-refractivity contribution in [1.29, 1.82) is 0 Å². The first-order valence-electron chi connectivity index (χ1n) is 8.08. The number of fused-ring (bicyclic) bond motifs is 7. The Morgan fingerprint density at radius 1 is 1.08 bits per heavy atom. The maximum absolute atomic E-state index is 14.6. The molecule has 3 aromatic rings. The lowest BCUT2D eigenvalue weighted by molar-refractivity contribution is 0.290. The minimum Gasteiger partial charge on any atom is -0.282 e. The van der Waals surface area contributed by atoms with E-state index in [0.29, 0.717) is 23.1 Å². The first kappa shape index (κ1) is 15.7. The topological polar surface area (TPSA) is 66.1 Å². The molecule has 3 heterocycles. The van der Waals surface area contributed by atoms with Crippen LogP contribution in [0, 0.1) is 11.6 Å². The predicted molar refractivity (Wildman–Crippen MR) is 88.7 cm³/mol. The summed E-state index contributed by atoms with van der Waals surface area (Å²) in [4.78, 5) is -0.0194. The van der Waals surface area contributed by atoms with Crippen molar-refractivity contribution >= 4 is 10.0 Å². The van der Waals surface area contributed by atoms with E-state index in [1.807, 2.05) is 0 Å². The van der Waals surface area contributed by atoms with E-state index < -0.39 is 33.7 Å². The van der Waals surface area contributed by atoms with E-state index >= 15 is 0 Å². The van der Waals surface area contributed by atoms with Gasteiger partial charge in [0, 0.05) is 23.2 Å². The van der Waals surface area contributed by atoms with Crippen molar-refractivity contribution in [1.82, 2.24) is 14.5 Å². The summed E-state index contributed by atoms with van der Waals surface area (Å²) in [6.07, 6.45) is 1.92. The Kier molecular flexibility index (Phi) is 3.14. The molecule has 1 aromatic heterocycles. The number of halogens is 2. The molecule has 26 heavy (non-hydrogen) atoms. The van der Waals surface area contributed by atoms with Gasteiger partial charge in [-0.1, -0.05) is 12.1 Å². The monoisotopic (exact) mass is 373 g/mol. The van der Waals surface area contributed by atoms with Crippen LogP contribution in [0.4, 0.5) is 8.78 Å². The van der Waals surface area contributed by atoms with Gasteiger partial charge in [0.2, 0.25) is 10.0 Å². The minimum atomic E-state index is -3.96. The lowest BCUT2D eigenvalue weighted by Gasteiger charge is -2.33. The standard InChI is InChI=1S/C18H13F2N3O2S/c19-10-4-6-11(7-5-10)26(24,25)23-16-8-15-13(9-21-22-15)18(23)17-12(16)2-1-3-14(17)20/h1-7,9,16,18H,8H2,(H,21,22). The Bertz CT molecular complexity index is 1130. The third kappa shape index (κ3) is 1.96. The molecule has 5 rings (SSSR count). The molecule has 2 aromatic carbocycles. The number of sulfonamides is 1. The average molecular weight is 373 g/mol. The number of hydrogen-bond donors (Lipinski definition) is 1. The Labute approximate surface area is 148 Å². The van der Waals surface area contributed by atoms with E-state index in [0.717, 1.165) is 17.8 Å². The largest absolute Gasteiger partial charge is 0.282 e. The Morgan fingerprint density at radius 2 is 1.85 bits per heavy atom. The molecule has 0 spiro atoms. The van der Waals surface area contributed by atoms with Gasteiger partial charge in [-0.25, -0.2) is 17.2 Å². The van der Waals surface area contributed by atoms with E-state index in [9.17, 15) is 17.2 Å². The predicted octanol–water partition coefficient (Wildman–Crippen LogP) is 3.08. The second-order valence-corrected chi connectivity index (χ2v) is 8.30. The van der Waals surface area contributed by atoms with Crippen LogP contribution in [0.25, 0.3) is 0 Å². The summed E-state index contributed by atoms with van der Waals surface area (Å²) in [7, 11) is -3.96. The molecule has 2 bridgehead atoms. The number of aromatic nitrogens is 2. The summed E-state index contributed by atoms with van der Waals surface area (Å²) >= 11 is 0. The van der Waals surface area contributed by atoms with Gasteiger partial charge in [-0.3, -0.25) is 5.10 Å². The highest BCUT2D eigenvalue weighted by Crippen LogP contribution is 2.54. The van der Waals surface area contributed by atoms with Gasteiger partial charge in [0.25, 0.3) is 0 Å². The van der Waals surface area contributed by atoms with Gasteiger partial charge >= 0.3 is 0 Å². The molecule has 8 heteroatoms. The molecule has 0 radical (unpaired) electrons. The van der Waals surface area contributed by atoms with Gasteiger partial charge in [-0.15, -0.1) is 0 Å². The number of H-pyrrole nitrogens is 1. The smallest absolute Gasteiger partial charge is 0.244 e. The number of hydrogen-bond acceptors (Lipinski definition) is 3. The number of aromatic amines is 1. The van der Waals surface area contributed by atoms with Crippen molar-refractivity contribution in [3.05, 3.63) is 82.7 Å². The zero-order valence-electron chi connectivity index (χ0n) is 13.4. The van der Waals surface area contributed by atoms with Crippen molar-refractivity contribution in [2.24, 2.45) is 0 Å². The van der Waals surface area contributed by atoms with Crippen LogP contribution in [-0.4, -0.2) is 22.9 Å². The van der Waals surface area contributed by atoms with Crippen LogP contribution in [-0.2, 0) is 16.4 Å². The van der Waals surface area contributed by atoms with Gasteiger partial charge in [0.15, 0.2) is 0 Å².